The minimum atomic E-state index is 0.151. The van der Waals surface area contributed by atoms with E-state index in [1.165, 1.54) is 0 Å². The Morgan fingerprint density at radius 1 is 1.37 bits per heavy atom. The Bertz CT molecular complexity index is 404. The van der Waals surface area contributed by atoms with Gasteiger partial charge in [-0.2, -0.15) is 0 Å². The van der Waals surface area contributed by atoms with Crippen molar-refractivity contribution < 1.29 is 4.74 Å². The molecule has 1 atom stereocenters. The van der Waals surface area contributed by atoms with Crippen LogP contribution < -0.4 is 10.1 Å². The molecular formula is C15H23BrClNO. The van der Waals surface area contributed by atoms with E-state index in [1.54, 1.807) is 7.11 Å². The second-order valence-corrected chi connectivity index (χ2v) is 7.48. The maximum Gasteiger partial charge on any atom is 0.123 e. The fourth-order valence-electron chi connectivity index (χ4n) is 1.99. The van der Waals surface area contributed by atoms with Crippen molar-refractivity contribution in [2.24, 2.45) is 5.41 Å². The number of halogens is 2. The summed E-state index contributed by atoms with van der Waals surface area (Å²) in [6.45, 7) is 8.18. The van der Waals surface area contributed by atoms with Crippen molar-refractivity contribution in [2.75, 3.05) is 13.7 Å². The lowest BCUT2D eigenvalue weighted by atomic mass is 9.90. The number of methoxy groups -OCH3 is 1. The van der Waals surface area contributed by atoms with Crippen molar-refractivity contribution in [3.8, 4) is 5.75 Å². The van der Waals surface area contributed by atoms with Gasteiger partial charge in [0.2, 0.25) is 0 Å². The Hall–Kier alpha value is -0.250. The molecule has 1 N–H and O–H groups in total. The fraction of sp³-hybridized carbons (Fsp3) is 0.600. The summed E-state index contributed by atoms with van der Waals surface area (Å²) in [5.74, 6) is 0.901. The number of benzene rings is 1. The minimum Gasteiger partial charge on any atom is -0.496 e. The normalized spacial score (nSPS) is 13.4. The number of ether oxygens (including phenoxy) is 1. The largest absolute Gasteiger partial charge is 0.496 e. The summed E-state index contributed by atoms with van der Waals surface area (Å²) in [4.78, 5) is 0. The molecule has 2 nitrogen and oxygen atoms in total. The predicted molar refractivity (Wildman–Crippen MR) is 86.1 cm³/mol. The molecule has 0 bridgehead atoms. The molecule has 19 heavy (non-hydrogen) atoms. The lowest BCUT2D eigenvalue weighted by Crippen LogP contribution is -2.26. The zero-order valence-corrected chi connectivity index (χ0v) is 14.4. The number of nitrogens with one attached hydrogen (secondary N) is 1. The minimum absolute atomic E-state index is 0.151. The third-order valence-corrected chi connectivity index (χ3v) is 3.56. The third kappa shape index (κ3) is 6.64. The highest BCUT2D eigenvalue weighted by Gasteiger charge is 2.16. The number of hydrogen-bond donors (Lipinski definition) is 1. The van der Waals surface area contributed by atoms with Gasteiger partial charge in [0, 0.05) is 28.5 Å². The van der Waals surface area contributed by atoms with E-state index in [2.05, 4.69) is 48.1 Å². The van der Waals surface area contributed by atoms with Crippen LogP contribution in [0.1, 0.15) is 32.8 Å². The highest BCUT2D eigenvalue weighted by atomic mass is 79.9. The number of hydrogen-bond acceptors (Lipinski definition) is 2. The monoisotopic (exact) mass is 347 g/mol. The standard InChI is InChI=1S/C15H23BrClNO/c1-15(2,3)8-13(17)10-18-9-11-7-12(16)5-6-14(11)19-4/h5-7,13,18H,8-10H2,1-4H3. The van der Waals surface area contributed by atoms with Crippen LogP contribution in [-0.2, 0) is 6.54 Å². The van der Waals surface area contributed by atoms with E-state index in [0.29, 0.717) is 0 Å². The van der Waals surface area contributed by atoms with Gasteiger partial charge in [-0.1, -0.05) is 36.7 Å². The molecule has 0 saturated carbocycles. The molecule has 0 saturated heterocycles. The first-order valence-corrected chi connectivity index (χ1v) is 7.72. The molecule has 0 heterocycles. The zero-order valence-electron chi connectivity index (χ0n) is 12.1. The molecular weight excluding hydrogens is 326 g/mol. The van der Waals surface area contributed by atoms with Crippen molar-refractivity contribution in [1.82, 2.24) is 5.32 Å². The summed E-state index contributed by atoms with van der Waals surface area (Å²) in [5, 5.41) is 3.54. The van der Waals surface area contributed by atoms with Crippen LogP contribution in [0.15, 0.2) is 22.7 Å². The number of rotatable bonds is 6. The van der Waals surface area contributed by atoms with Crippen molar-refractivity contribution in [1.29, 1.82) is 0 Å². The molecule has 1 aromatic carbocycles. The van der Waals surface area contributed by atoms with Gasteiger partial charge in [-0.25, -0.2) is 0 Å². The average Bonchev–Trinajstić information content (AvgIpc) is 2.27. The van der Waals surface area contributed by atoms with Crippen molar-refractivity contribution in [3.63, 3.8) is 0 Å². The molecule has 0 aliphatic carbocycles. The summed E-state index contributed by atoms with van der Waals surface area (Å²) < 4.78 is 6.40. The van der Waals surface area contributed by atoms with Gasteiger partial charge >= 0.3 is 0 Å². The highest BCUT2D eigenvalue weighted by molar-refractivity contribution is 9.10. The zero-order chi connectivity index (χ0) is 14.5. The van der Waals surface area contributed by atoms with Crippen LogP contribution in [0.25, 0.3) is 0 Å². The van der Waals surface area contributed by atoms with E-state index in [1.807, 2.05) is 12.1 Å². The molecule has 108 valence electrons. The molecule has 1 unspecified atom stereocenters. The van der Waals surface area contributed by atoms with Crippen LogP contribution >= 0.6 is 27.5 Å². The predicted octanol–water partition coefficient (Wildman–Crippen LogP) is 4.59. The van der Waals surface area contributed by atoms with Crippen molar-refractivity contribution in [3.05, 3.63) is 28.2 Å². The van der Waals surface area contributed by atoms with Gasteiger partial charge in [-0.15, -0.1) is 11.6 Å². The summed E-state index contributed by atoms with van der Waals surface area (Å²) in [6, 6.07) is 6.01. The van der Waals surface area contributed by atoms with Gasteiger partial charge in [-0.05, 0) is 30.0 Å². The topological polar surface area (TPSA) is 21.3 Å². The van der Waals surface area contributed by atoms with Gasteiger partial charge in [0.25, 0.3) is 0 Å². The van der Waals surface area contributed by atoms with Crippen LogP contribution in [0.3, 0.4) is 0 Å². The first-order chi connectivity index (χ1) is 8.81. The summed E-state index contributed by atoms with van der Waals surface area (Å²) in [6.07, 6.45) is 0.997. The SMILES string of the molecule is COc1ccc(Br)cc1CNCC(Cl)CC(C)(C)C. The second-order valence-electron chi connectivity index (χ2n) is 5.95. The van der Waals surface area contributed by atoms with Gasteiger partial charge < -0.3 is 10.1 Å². The Morgan fingerprint density at radius 2 is 2.05 bits per heavy atom. The van der Waals surface area contributed by atoms with Crippen LogP contribution in [0, 0.1) is 5.41 Å². The lowest BCUT2D eigenvalue weighted by molar-refractivity contribution is 0.363. The molecule has 0 spiro atoms. The molecule has 1 rings (SSSR count). The molecule has 0 radical (unpaired) electrons. The van der Waals surface area contributed by atoms with Crippen molar-refractivity contribution in [2.45, 2.75) is 39.1 Å². The maximum atomic E-state index is 6.33. The molecule has 0 fully saturated rings. The summed E-state index contributed by atoms with van der Waals surface area (Å²) >= 11 is 9.81. The molecule has 0 aliphatic rings. The lowest BCUT2D eigenvalue weighted by Gasteiger charge is -2.22. The van der Waals surface area contributed by atoms with Gasteiger partial charge in [0.05, 0.1) is 7.11 Å². The smallest absolute Gasteiger partial charge is 0.123 e. The second kappa shape index (κ2) is 7.51. The third-order valence-electron chi connectivity index (χ3n) is 2.76. The molecule has 0 aliphatic heterocycles. The van der Waals surface area contributed by atoms with Crippen LogP contribution in [-0.4, -0.2) is 19.0 Å². The first kappa shape index (κ1) is 16.8. The Balaban J connectivity index is 2.47. The van der Waals surface area contributed by atoms with E-state index >= 15 is 0 Å². The van der Waals surface area contributed by atoms with Gasteiger partial charge in [0.15, 0.2) is 0 Å². The van der Waals surface area contributed by atoms with Crippen LogP contribution in [0.5, 0.6) is 5.75 Å². The molecule has 4 heteroatoms. The van der Waals surface area contributed by atoms with E-state index in [0.717, 1.165) is 35.3 Å². The molecule has 0 aromatic heterocycles. The van der Waals surface area contributed by atoms with E-state index in [-0.39, 0.29) is 10.8 Å². The highest BCUT2D eigenvalue weighted by Crippen LogP contribution is 2.24. The molecule has 0 amide bonds. The number of alkyl halides is 1. The summed E-state index contributed by atoms with van der Waals surface area (Å²) in [7, 11) is 1.69. The van der Waals surface area contributed by atoms with E-state index in [9.17, 15) is 0 Å². The quantitative estimate of drug-likeness (QED) is 0.759. The van der Waals surface area contributed by atoms with Gasteiger partial charge in [-0.3, -0.25) is 0 Å². The van der Waals surface area contributed by atoms with Gasteiger partial charge in [0.1, 0.15) is 5.75 Å². The van der Waals surface area contributed by atoms with E-state index < -0.39 is 0 Å². The Morgan fingerprint density at radius 3 is 2.63 bits per heavy atom. The van der Waals surface area contributed by atoms with E-state index in [4.69, 9.17) is 16.3 Å². The van der Waals surface area contributed by atoms with Crippen LogP contribution in [0.4, 0.5) is 0 Å². The average molecular weight is 349 g/mol. The first-order valence-electron chi connectivity index (χ1n) is 6.49. The van der Waals surface area contributed by atoms with Crippen molar-refractivity contribution >= 4 is 27.5 Å². The molecule has 1 aromatic rings. The Labute approximate surface area is 130 Å². The summed E-state index contributed by atoms with van der Waals surface area (Å²) in [5.41, 5.74) is 1.40. The maximum absolute atomic E-state index is 6.33. The van der Waals surface area contributed by atoms with Crippen LogP contribution in [0.2, 0.25) is 0 Å². The fourth-order valence-corrected chi connectivity index (χ4v) is 2.97. The Kier molecular flexibility index (Phi) is 6.64.